The molecule has 532 valence electrons. The number of hydrogen-bond donors (Lipinski definition) is 3. The SMILES string of the molecule is C1CCOC1.CC(C)(C)OC(=O)N1[C@@H](COS(C)(=O)=O)CC[C@H]1COS(C)(=O)=O.CC(C)(C)OC(=O)N1[C@H](CO)CC[C@@H]1CO.CO.COC(=O)[C@H]1CC[C@@H](C(=O)OC)N1C(=O)OC(C)(C)C.COC(=O)c1ccc(C(=O)OC)n1C(=O)OC(C)(C)C.ClCCl.[AlH3].[H-].[Li+]. The predicted molar refractivity (Wildman–Crippen MR) is 339 cm³/mol. The average molecular weight is 1420 g/mol. The number of halogens is 2. The smallest absolute Gasteiger partial charge is 1.00 e. The molecule has 1 aromatic heterocycles. The van der Waals surface area contributed by atoms with Crippen LogP contribution >= 0.6 is 23.2 Å². The number of aromatic nitrogens is 1. The van der Waals surface area contributed by atoms with Gasteiger partial charge in [0.2, 0.25) is 0 Å². The molecule has 0 bridgehead atoms. The Kier molecular flexibility index (Phi) is 45.6. The summed E-state index contributed by atoms with van der Waals surface area (Å²) >= 11 is 9.53. The Morgan fingerprint density at radius 3 is 1.02 bits per heavy atom. The van der Waals surface area contributed by atoms with Crippen LogP contribution in [0, 0.1) is 0 Å². The molecule has 36 heteroatoms. The molecule has 0 aliphatic carbocycles. The Morgan fingerprint density at radius 1 is 0.511 bits per heavy atom. The van der Waals surface area contributed by atoms with Crippen molar-refractivity contribution in [3.63, 3.8) is 0 Å². The number of nitrogens with zero attached hydrogens (tertiary/aromatic N) is 4. The molecule has 0 aromatic carbocycles. The topological polar surface area (TPSA) is 382 Å². The predicted octanol–water partition coefficient (Wildman–Crippen LogP) is 2.15. The normalized spacial score (nSPS) is 19.2. The molecule has 5 rings (SSSR count). The molecule has 92 heavy (non-hydrogen) atoms. The van der Waals surface area contributed by atoms with E-state index in [1.165, 1.54) is 63.2 Å². The van der Waals surface area contributed by atoms with Crippen molar-refractivity contribution in [3.8, 4) is 0 Å². The van der Waals surface area contributed by atoms with Crippen LogP contribution in [0.15, 0.2) is 12.1 Å². The number of alkyl halides is 2. The number of amides is 3. The van der Waals surface area contributed by atoms with Gasteiger partial charge in [0, 0.05) is 20.3 Å². The van der Waals surface area contributed by atoms with Crippen molar-refractivity contribution in [1.29, 1.82) is 0 Å². The molecule has 4 fully saturated rings. The van der Waals surface area contributed by atoms with E-state index in [2.05, 4.69) is 18.9 Å². The van der Waals surface area contributed by atoms with Crippen molar-refractivity contribution in [3.05, 3.63) is 23.5 Å². The van der Waals surface area contributed by atoms with Crippen molar-refractivity contribution in [2.45, 2.75) is 193 Å². The molecule has 0 saturated carbocycles. The van der Waals surface area contributed by atoms with Crippen LogP contribution < -0.4 is 18.9 Å². The number of likely N-dealkylation sites (tertiary alicyclic amines) is 3. The van der Waals surface area contributed by atoms with Gasteiger partial charge in [-0.15, -0.1) is 23.2 Å². The van der Waals surface area contributed by atoms with Gasteiger partial charge in [0.15, 0.2) is 17.4 Å². The van der Waals surface area contributed by atoms with E-state index in [0.29, 0.717) is 38.5 Å². The van der Waals surface area contributed by atoms with E-state index in [-0.39, 0.29) is 92.9 Å². The molecule has 6 atom stereocenters. The number of methoxy groups -OCH3 is 4. The number of esters is 4. The molecular formula is C56H102AlCl2LiN4O26S2. The number of carbonyl (C=O) groups is 8. The summed E-state index contributed by atoms with van der Waals surface area (Å²) in [5.74, 6) is -2.65. The molecule has 4 aliphatic rings. The first-order chi connectivity index (χ1) is 41.4. The Morgan fingerprint density at radius 2 is 0.783 bits per heavy atom. The zero-order valence-corrected chi connectivity index (χ0v) is 59.5. The van der Waals surface area contributed by atoms with E-state index in [1.807, 2.05) is 0 Å². The number of rotatable bonds is 12. The van der Waals surface area contributed by atoms with Gasteiger partial charge in [-0.1, -0.05) is 0 Å². The maximum Gasteiger partial charge on any atom is 1.00 e. The molecule has 0 radical (unpaired) electrons. The second kappa shape index (κ2) is 44.5. The number of aliphatic hydroxyl groups is 3. The summed E-state index contributed by atoms with van der Waals surface area (Å²) in [5.41, 5.74) is -3.02. The zero-order valence-electron chi connectivity index (χ0n) is 57.3. The fraction of sp³-hybridized carbons (Fsp3) is 0.786. The fourth-order valence-corrected chi connectivity index (χ4v) is 9.14. The van der Waals surface area contributed by atoms with Gasteiger partial charge in [0.05, 0.1) is 96.9 Å². The Labute approximate surface area is 576 Å². The third-order valence-corrected chi connectivity index (χ3v) is 13.0. The molecule has 0 unspecified atom stereocenters. The van der Waals surface area contributed by atoms with Crippen LogP contribution in [0.3, 0.4) is 0 Å². The fourth-order valence-electron chi connectivity index (χ4n) is 8.33. The third kappa shape index (κ3) is 37.2. The summed E-state index contributed by atoms with van der Waals surface area (Å²) < 4.78 is 99.5. The van der Waals surface area contributed by atoms with Gasteiger partial charge in [-0.05, 0) is 147 Å². The van der Waals surface area contributed by atoms with E-state index in [0.717, 1.165) is 42.3 Å². The van der Waals surface area contributed by atoms with Gasteiger partial charge in [0.25, 0.3) is 20.2 Å². The van der Waals surface area contributed by atoms with Crippen LogP contribution in [-0.2, 0) is 80.8 Å². The van der Waals surface area contributed by atoms with Crippen molar-refractivity contribution in [1.82, 2.24) is 19.3 Å². The Balaban J connectivity index is -0.000000350. The summed E-state index contributed by atoms with van der Waals surface area (Å²) in [4.78, 5) is 99.2. The van der Waals surface area contributed by atoms with Crippen LogP contribution in [-0.4, -0.2) is 269 Å². The van der Waals surface area contributed by atoms with Gasteiger partial charge >= 0.3 is 67.1 Å². The summed E-state index contributed by atoms with van der Waals surface area (Å²) in [6, 6.07) is -0.591. The monoisotopic (exact) mass is 1410 g/mol. The number of hydrogen-bond acceptors (Lipinski definition) is 26. The second-order valence-corrected chi connectivity index (χ2v) is 27.8. The number of carbonyl (C=O) groups excluding carboxylic acids is 8. The zero-order chi connectivity index (χ0) is 70.3. The average Bonchev–Trinajstić information content (AvgIpc) is 2.13. The molecule has 3 amide bonds. The van der Waals surface area contributed by atoms with Crippen LogP contribution in [0.4, 0.5) is 19.2 Å². The summed E-state index contributed by atoms with van der Waals surface area (Å²) in [5, 5.41) is 25.5. The Bertz CT molecular complexity index is 2530. The first kappa shape index (κ1) is 94.2. The molecule has 4 saturated heterocycles. The molecule has 3 N–H and O–H groups in total. The van der Waals surface area contributed by atoms with Crippen molar-refractivity contribution in [2.75, 3.05) is 93.0 Å². The maximum atomic E-state index is 12.4. The first-order valence-electron chi connectivity index (χ1n) is 28.3. The molecule has 4 aliphatic heterocycles. The van der Waals surface area contributed by atoms with Crippen molar-refractivity contribution < 1.29 is 142 Å². The van der Waals surface area contributed by atoms with Crippen LogP contribution in [0.25, 0.3) is 0 Å². The van der Waals surface area contributed by atoms with Crippen molar-refractivity contribution in [2.24, 2.45) is 0 Å². The van der Waals surface area contributed by atoms with E-state index in [4.69, 9.17) is 70.6 Å². The number of aliphatic hydroxyl groups excluding tert-OH is 3. The van der Waals surface area contributed by atoms with Gasteiger partial charge in [-0.2, -0.15) is 16.8 Å². The van der Waals surface area contributed by atoms with Gasteiger partial charge in [0.1, 0.15) is 45.9 Å². The molecule has 5 heterocycles. The Hall–Kier alpha value is -4.19. The third-order valence-electron chi connectivity index (χ3n) is 11.8. The minimum atomic E-state index is -3.65. The summed E-state index contributed by atoms with van der Waals surface area (Å²) in [7, 11) is -1.49. The minimum Gasteiger partial charge on any atom is -1.00 e. The molecule has 0 spiro atoms. The first-order valence-corrected chi connectivity index (χ1v) is 33.0. The molecular weight excluding hydrogens is 1310 g/mol. The van der Waals surface area contributed by atoms with Gasteiger partial charge in [-0.3, -0.25) is 23.1 Å². The number of ether oxygens (including phenoxy) is 9. The van der Waals surface area contributed by atoms with E-state index >= 15 is 0 Å². The van der Waals surface area contributed by atoms with Crippen LogP contribution in [0.5, 0.6) is 0 Å². The van der Waals surface area contributed by atoms with Gasteiger partial charge in [-0.25, -0.2) is 42.9 Å². The van der Waals surface area contributed by atoms with E-state index < -0.39 is 115 Å². The van der Waals surface area contributed by atoms with E-state index in [9.17, 15) is 55.2 Å². The second-order valence-electron chi connectivity index (χ2n) is 23.8. The quantitative estimate of drug-likeness (QED) is 0.0887. The van der Waals surface area contributed by atoms with E-state index in [1.54, 1.807) is 83.1 Å². The van der Waals surface area contributed by atoms with Gasteiger partial charge < -0.3 is 59.4 Å². The molecule has 30 nitrogen and oxygen atoms in total. The van der Waals surface area contributed by atoms with Crippen molar-refractivity contribution >= 4 is 109 Å². The summed E-state index contributed by atoms with van der Waals surface area (Å²) in [6.45, 7) is 22.0. The largest absolute Gasteiger partial charge is 1.00 e. The molecule has 1 aromatic rings. The minimum absolute atomic E-state index is 0. The standard InChI is InChI=1S/C13H25NO8S2.C13H21NO6.C13H17NO6.C11H21NO4.C4H8O.CH2Cl2.CH4O.Al.Li.4H/c1-13(2,3)22-12(15)14-10(8-20-23(4,16)17)6-7-11(14)9-21-24(5,18)19;2*1-13(2,3)20-12(17)14-8(10(15)18-4)6-7-9(14)11(16)19-5;1-11(2,3)16-10(15)12-8(6-13)4-5-9(12)7-14;1-2-4-5-3-1;2-1-3;1-2;;;;;;/h10-11H,6-9H2,1-5H3;8-9H,6-7H2,1-5H3;6-7H,1-5H3;8-9,13-14H,4-7H2,1-3H3;1-4H2;1H2;2H,1H3;;;;;;/q;;;;;;;;+1;;;;-1/t10-,11+;8-,9+;;8-,9+;;;;;;;;;. The van der Waals surface area contributed by atoms with Crippen LogP contribution in [0.1, 0.15) is 157 Å². The van der Waals surface area contributed by atoms with Crippen LogP contribution in [0.2, 0.25) is 0 Å². The summed E-state index contributed by atoms with van der Waals surface area (Å²) in [6.07, 6.45) is 4.70. The maximum absolute atomic E-state index is 12.4.